The van der Waals surface area contributed by atoms with Crippen molar-refractivity contribution in [1.29, 1.82) is 0 Å². The molecule has 1 unspecified atom stereocenters. The molecule has 6 heteroatoms. The number of carboxylic acids is 1. The number of hydrogen-bond acceptors (Lipinski definition) is 2. The Morgan fingerprint density at radius 3 is 2.75 bits per heavy atom. The van der Waals surface area contributed by atoms with Gasteiger partial charge in [0.2, 0.25) is 0 Å². The highest BCUT2D eigenvalue weighted by molar-refractivity contribution is 9.10. The summed E-state index contributed by atoms with van der Waals surface area (Å²) in [7, 11) is 1.66. The fourth-order valence-corrected chi connectivity index (χ4v) is 2.14. The standard InChI is InChI=1S/C14H19BrN2O3/c1-10(11-5-3-6-12(15)9-11)16-14(20)17(2)8-4-7-13(18)19/h3,5-6,9-10H,4,7-8H2,1-2H3,(H,16,20)(H,18,19). The Bertz CT molecular complexity index is 479. The first-order valence-electron chi connectivity index (χ1n) is 6.39. The molecule has 0 spiro atoms. The van der Waals surface area contributed by atoms with Crippen molar-refractivity contribution in [1.82, 2.24) is 10.2 Å². The Kier molecular flexibility index (Phi) is 6.51. The van der Waals surface area contributed by atoms with E-state index in [4.69, 9.17) is 5.11 Å². The number of urea groups is 1. The molecule has 2 amide bonds. The van der Waals surface area contributed by atoms with Gasteiger partial charge in [-0.2, -0.15) is 0 Å². The van der Waals surface area contributed by atoms with Gasteiger partial charge in [0.15, 0.2) is 0 Å². The zero-order chi connectivity index (χ0) is 15.1. The molecule has 1 atom stereocenters. The van der Waals surface area contributed by atoms with Crippen molar-refractivity contribution in [3.05, 3.63) is 34.3 Å². The highest BCUT2D eigenvalue weighted by Crippen LogP contribution is 2.17. The molecule has 0 aliphatic heterocycles. The molecule has 0 aromatic heterocycles. The van der Waals surface area contributed by atoms with E-state index in [-0.39, 0.29) is 18.5 Å². The van der Waals surface area contributed by atoms with Crippen LogP contribution in [0, 0.1) is 0 Å². The van der Waals surface area contributed by atoms with Crippen LogP contribution in [0.4, 0.5) is 4.79 Å². The second kappa shape index (κ2) is 7.89. The van der Waals surface area contributed by atoms with Crippen molar-refractivity contribution in [3.8, 4) is 0 Å². The molecule has 1 rings (SSSR count). The van der Waals surface area contributed by atoms with Crippen molar-refractivity contribution in [2.45, 2.75) is 25.8 Å². The molecule has 0 radical (unpaired) electrons. The first-order chi connectivity index (χ1) is 9.40. The Labute approximate surface area is 127 Å². The summed E-state index contributed by atoms with van der Waals surface area (Å²) in [6.07, 6.45) is 0.517. The van der Waals surface area contributed by atoms with Gasteiger partial charge in [-0.3, -0.25) is 4.79 Å². The summed E-state index contributed by atoms with van der Waals surface area (Å²) >= 11 is 3.39. The van der Waals surface area contributed by atoms with Gasteiger partial charge >= 0.3 is 12.0 Å². The van der Waals surface area contributed by atoms with E-state index < -0.39 is 5.97 Å². The quantitative estimate of drug-likeness (QED) is 0.834. The van der Waals surface area contributed by atoms with Crippen molar-refractivity contribution in [2.24, 2.45) is 0 Å². The molecule has 5 nitrogen and oxygen atoms in total. The van der Waals surface area contributed by atoms with Crippen molar-refractivity contribution in [2.75, 3.05) is 13.6 Å². The van der Waals surface area contributed by atoms with E-state index >= 15 is 0 Å². The molecule has 0 heterocycles. The van der Waals surface area contributed by atoms with Gasteiger partial charge in [-0.25, -0.2) is 4.79 Å². The number of nitrogens with one attached hydrogen (secondary N) is 1. The molecular formula is C14H19BrN2O3. The van der Waals surface area contributed by atoms with Gasteiger partial charge in [0.1, 0.15) is 0 Å². The van der Waals surface area contributed by atoms with Gasteiger partial charge in [0.25, 0.3) is 0 Å². The normalized spacial score (nSPS) is 11.8. The highest BCUT2D eigenvalue weighted by Gasteiger charge is 2.13. The van der Waals surface area contributed by atoms with Crippen LogP contribution in [0.3, 0.4) is 0 Å². The molecule has 0 aliphatic carbocycles. The van der Waals surface area contributed by atoms with E-state index in [1.54, 1.807) is 7.05 Å². The van der Waals surface area contributed by atoms with E-state index in [9.17, 15) is 9.59 Å². The summed E-state index contributed by atoms with van der Waals surface area (Å²) in [6, 6.07) is 7.43. The van der Waals surface area contributed by atoms with Crippen molar-refractivity contribution < 1.29 is 14.7 Å². The molecular weight excluding hydrogens is 324 g/mol. The second-order valence-electron chi connectivity index (χ2n) is 4.65. The van der Waals surface area contributed by atoms with Crippen LogP contribution in [-0.2, 0) is 4.79 Å². The van der Waals surface area contributed by atoms with Crippen LogP contribution in [0.15, 0.2) is 28.7 Å². The molecule has 1 aromatic rings. The van der Waals surface area contributed by atoms with E-state index in [1.165, 1.54) is 4.90 Å². The number of hydrogen-bond donors (Lipinski definition) is 2. The molecule has 2 N–H and O–H groups in total. The minimum Gasteiger partial charge on any atom is -0.481 e. The zero-order valence-electron chi connectivity index (χ0n) is 11.6. The van der Waals surface area contributed by atoms with Gasteiger partial charge in [-0.15, -0.1) is 0 Å². The Morgan fingerprint density at radius 2 is 2.15 bits per heavy atom. The Hall–Kier alpha value is -1.56. The molecule has 0 fully saturated rings. The predicted molar refractivity (Wildman–Crippen MR) is 80.6 cm³/mol. The Morgan fingerprint density at radius 1 is 1.45 bits per heavy atom. The number of carboxylic acid groups (broad SMARTS) is 1. The molecule has 0 aliphatic rings. The minimum absolute atomic E-state index is 0.0683. The van der Waals surface area contributed by atoms with Crippen LogP contribution in [-0.4, -0.2) is 35.6 Å². The summed E-state index contributed by atoms with van der Waals surface area (Å²) in [5.41, 5.74) is 1.01. The highest BCUT2D eigenvalue weighted by atomic mass is 79.9. The summed E-state index contributed by atoms with van der Waals surface area (Å²) in [6.45, 7) is 2.33. The first kappa shape index (κ1) is 16.5. The summed E-state index contributed by atoms with van der Waals surface area (Å²) in [5.74, 6) is -0.846. The smallest absolute Gasteiger partial charge is 0.317 e. The third-order valence-electron chi connectivity index (χ3n) is 2.92. The molecule has 0 saturated carbocycles. The summed E-state index contributed by atoms with van der Waals surface area (Å²) in [4.78, 5) is 23.9. The van der Waals surface area contributed by atoms with Crippen LogP contribution in [0.2, 0.25) is 0 Å². The monoisotopic (exact) mass is 342 g/mol. The van der Waals surface area contributed by atoms with Crippen LogP contribution in [0.5, 0.6) is 0 Å². The molecule has 0 bridgehead atoms. The number of halogens is 1. The van der Waals surface area contributed by atoms with Crippen LogP contribution in [0.1, 0.15) is 31.4 Å². The molecule has 20 heavy (non-hydrogen) atoms. The maximum Gasteiger partial charge on any atom is 0.317 e. The first-order valence-corrected chi connectivity index (χ1v) is 7.18. The van der Waals surface area contributed by atoms with E-state index in [1.807, 2.05) is 31.2 Å². The number of rotatable bonds is 6. The zero-order valence-corrected chi connectivity index (χ0v) is 13.2. The van der Waals surface area contributed by atoms with Gasteiger partial charge in [0.05, 0.1) is 6.04 Å². The Balaban J connectivity index is 2.46. The maximum absolute atomic E-state index is 11.9. The molecule has 110 valence electrons. The number of nitrogens with zero attached hydrogens (tertiary/aromatic N) is 1. The van der Waals surface area contributed by atoms with Crippen LogP contribution < -0.4 is 5.32 Å². The average molecular weight is 343 g/mol. The van der Waals surface area contributed by atoms with Gasteiger partial charge in [0, 0.05) is 24.5 Å². The third-order valence-corrected chi connectivity index (χ3v) is 3.41. The fraction of sp³-hybridized carbons (Fsp3) is 0.429. The lowest BCUT2D eigenvalue weighted by Gasteiger charge is -2.21. The van der Waals surface area contributed by atoms with Crippen LogP contribution in [0.25, 0.3) is 0 Å². The number of carbonyl (C=O) groups is 2. The summed E-state index contributed by atoms with van der Waals surface area (Å²) < 4.78 is 0.964. The maximum atomic E-state index is 11.9. The molecule has 1 aromatic carbocycles. The topological polar surface area (TPSA) is 69.6 Å². The number of benzene rings is 1. The second-order valence-corrected chi connectivity index (χ2v) is 5.56. The predicted octanol–water partition coefficient (Wildman–Crippen LogP) is 3.02. The minimum atomic E-state index is -0.846. The number of aliphatic carboxylic acids is 1. The van der Waals surface area contributed by atoms with E-state index in [2.05, 4.69) is 21.2 Å². The third kappa shape index (κ3) is 5.61. The lowest BCUT2D eigenvalue weighted by atomic mass is 10.1. The van der Waals surface area contributed by atoms with E-state index in [0.29, 0.717) is 13.0 Å². The average Bonchev–Trinajstić information content (AvgIpc) is 2.38. The summed E-state index contributed by atoms with van der Waals surface area (Å²) in [5, 5.41) is 11.4. The molecule has 0 saturated heterocycles. The lowest BCUT2D eigenvalue weighted by molar-refractivity contribution is -0.137. The largest absolute Gasteiger partial charge is 0.481 e. The van der Waals surface area contributed by atoms with Gasteiger partial charge < -0.3 is 15.3 Å². The van der Waals surface area contributed by atoms with Gasteiger partial charge in [-0.05, 0) is 31.0 Å². The number of amides is 2. The number of carbonyl (C=O) groups excluding carboxylic acids is 1. The van der Waals surface area contributed by atoms with Crippen molar-refractivity contribution >= 4 is 27.9 Å². The SMILES string of the molecule is CC(NC(=O)N(C)CCCC(=O)O)c1cccc(Br)c1. The lowest BCUT2D eigenvalue weighted by Crippen LogP contribution is -2.39. The van der Waals surface area contributed by atoms with Gasteiger partial charge in [-0.1, -0.05) is 28.1 Å². The van der Waals surface area contributed by atoms with E-state index in [0.717, 1.165) is 10.0 Å². The van der Waals surface area contributed by atoms with Crippen LogP contribution >= 0.6 is 15.9 Å². The van der Waals surface area contributed by atoms with Crippen molar-refractivity contribution in [3.63, 3.8) is 0 Å². The fourth-order valence-electron chi connectivity index (χ4n) is 1.72.